The van der Waals surface area contributed by atoms with Crippen LogP contribution in [0.15, 0.2) is 36.4 Å². The first-order valence-corrected chi connectivity index (χ1v) is 10.4. The third-order valence-electron chi connectivity index (χ3n) is 6.21. The first kappa shape index (κ1) is 23.2. The number of para-hydroxylation sites is 2. The number of likely N-dealkylation sites (tertiary alicyclic amines) is 1. The molecule has 8 heteroatoms. The smallest absolute Gasteiger partial charge is 0.415 e. The fourth-order valence-corrected chi connectivity index (χ4v) is 4.44. The number of hydrogen-bond acceptors (Lipinski definition) is 6. The van der Waals surface area contributed by atoms with Crippen LogP contribution < -0.4 is 10.5 Å². The van der Waals surface area contributed by atoms with Crippen molar-refractivity contribution in [1.82, 2.24) is 4.90 Å². The predicted octanol–water partition coefficient (Wildman–Crippen LogP) is 3.68. The Hall–Kier alpha value is -2.48. The summed E-state index contributed by atoms with van der Waals surface area (Å²) in [6.07, 6.45) is 1.47. The van der Waals surface area contributed by atoms with E-state index in [1.807, 2.05) is 19.1 Å². The number of nitrogens with zero attached hydrogens (tertiary/aromatic N) is 1. The van der Waals surface area contributed by atoms with Gasteiger partial charge in [-0.25, -0.2) is 4.79 Å². The minimum absolute atomic E-state index is 0. The lowest BCUT2D eigenvalue weighted by Crippen LogP contribution is -2.45. The van der Waals surface area contributed by atoms with Gasteiger partial charge in [-0.15, -0.1) is 12.4 Å². The second-order valence-electron chi connectivity index (χ2n) is 8.06. The van der Waals surface area contributed by atoms with Gasteiger partial charge in [0.25, 0.3) is 0 Å². The highest BCUT2D eigenvalue weighted by atomic mass is 35.5. The summed E-state index contributed by atoms with van der Waals surface area (Å²) in [5.41, 5.74) is 8.71. The van der Waals surface area contributed by atoms with E-state index in [9.17, 15) is 15.0 Å². The molecule has 4 N–H and O–H groups in total. The van der Waals surface area contributed by atoms with E-state index in [-0.39, 0.29) is 42.0 Å². The number of hydrogen-bond donors (Lipinski definition) is 3. The van der Waals surface area contributed by atoms with Crippen LogP contribution in [0.5, 0.6) is 17.2 Å². The molecule has 2 aliphatic rings. The maximum Gasteiger partial charge on any atom is 0.415 e. The maximum absolute atomic E-state index is 12.5. The number of nitrogens with two attached hydrogens (primary N) is 1. The Morgan fingerprint density at radius 1 is 1.19 bits per heavy atom. The van der Waals surface area contributed by atoms with Crippen LogP contribution in [0.4, 0.5) is 4.79 Å². The molecule has 0 radical (unpaired) electrons. The van der Waals surface area contributed by atoms with Crippen LogP contribution in [0.3, 0.4) is 0 Å². The fourth-order valence-electron chi connectivity index (χ4n) is 4.44. The SMILES string of the molecule is Cc1ccc2c(c1O)C[C@@H](C1CCN(C(=O)Oc3ccccc3O)CC1)O[C@H]2CN.Cl. The molecule has 0 saturated carbocycles. The number of aryl methyl sites for hydroxylation is 1. The minimum Gasteiger partial charge on any atom is -0.507 e. The number of aromatic hydroxyl groups is 2. The Bertz CT molecular complexity index is 930. The van der Waals surface area contributed by atoms with Gasteiger partial charge in [-0.3, -0.25) is 0 Å². The van der Waals surface area contributed by atoms with Crippen molar-refractivity contribution in [2.24, 2.45) is 11.7 Å². The molecule has 168 valence electrons. The number of carbonyl (C=O) groups is 1. The van der Waals surface area contributed by atoms with E-state index < -0.39 is 6.09 Å². The molecule has 0 unspecified atom stereocenters. The van der Waals surface area contributed by atoms with Gasteiger partial charge in [-0.05, 0) is 48.9 Å². The van der Waals surface area contributed by atoms with E-state index in [0.717, 1.165) is 29.5 Å². The molecule has 4 rings (SSSR count). The van der Waals surface area contributed by atoms with Crippen molar-refractivity contribution in [1.29, 1.82) is 0 Å². The maximum atomic E-state index is 12.5. The lowest BCUT2D eigenvalue weighted by Gasteiger charge is -2.40. The topological polar surface area (TPSA) is 105 Å². The van der Waals surface area contributed by atoms with Gasteiger partial charge < -0.3 is 30.3 Å². The molecule has 31 heavy (non-hydrogen) atoms. The fraction of sp³-hybridized carbons (Fsp3) is 0.435. The largest absolute Gasteiger partial charge is 0.507 e. The second-order valence-corrected chi connectivity index (χ2v) is 8.06. The van der Waals surface area contributed by atoms with E-state index in [1.54, 1.807) is 23.1 Å². The van der Waals surface area contributed by atoms with Crippen LogP contribution in [0.25, 0.3) is 0 Å². The molecule has 0 aromatic heterocycles. The zero-order valence-electron chi connectivity index (χ0n) is 17.5. The van der Waals surface area contributed by atoms with Crippen LogP contribution in [0.1, 0.15) is 35.6 Å². The van der Waals surface area contributed by atoms with Crippen LogP contribution in [-0.4, -0.2) is 46.9 Å². The molecule has 0 bridgehead atoms. The molecular weight excluding hydrogens is 420 g/mol. The summed E-state index contributed by atoms with van der Waals surface area (Å²) in [7, 11) is 0. The third-order valence-corrected chi connectivity index (χ3v) is 6.21. The number of carbonyl (C=O) groups excluding carboxylic acids is 1. The number of phenolic OH excluding ortho intramolecular Hbond substituents is 2. The van der Waals surface area contributed by atoms with Crippen LogP contribution >= 0.6 is 12.4 Å². The molecule has 0 aliphatic carbocycles. The summed E-state index contributed by atoms with van der Waals surface area (Å²) in [6.45, 7) is 3.36. The van der Waals surface area contributed by atoms with Gasteiger partial charge >= 0.3 is 6.09 Å². The van der Waals surface area contributed by atoms with Crippen molar-refractivity contribution in [3.8, 4) is 17.2 Å². The molecule has 7 nitrogen and oxygen atoms in total. The molecule has 1 saturated heterocycles. The Kier molecular flexibility index (Phi) is 7.30. The van der Waals surface area contributed by atoms with Gasteiger partial charge in [-0.2, -0.15) is 0 Å². The highest BCUT2D eigenvalue weighted by molar-refractivity contribution is 5.85. The summed E-state index contributed by atoms with van der Waals surface area (Å²) in [5.74, 6) is 0.704. The Labute approximate surface area is 188 Å². The molecule has 1 fully saturated rings. The Balaban J connectivity index is 0.00000272. The Morgan fingerprint density at radius 2 is 1.90 bits per heavy atom. The molecule has 0 spiro atoms. The monoisotopic (exact) mass is 448 g/mol. The number of amides is 1. The average Bonchev–Trinajstić information content (AvgIpc) is 2.77. The lowest BCUT2D eigenvalue weighted by atomic mass is 9.83. The van der Waals surface area contributed by atoms with Gasteiger partial charge in [0, 0.05) is 31.6 Å². The molecule has 1 amide bonds. The van der Waals surface area contributed by atoms with E-state index in [1.165, 1.54) is 6.07 Å². The standard InChI is InChI=1S/C23H28N2O5.ClH/c1-14-6-7-16-17(22(14)27)12-20(29-21(16)13-24)15-8-10-25(11-9-15)23(28)30-19-5-3-2-4-18(19)26;/h2-7,15,20-21,26-27H,8-13,24H2,1H3;1H/t20-,21-;/m0./s1. The Morgan fingerprint density at radius 3 is 2.58 bits per heavy atom. The number of phenols is 2. The number of fused-ring (bicyclic) bond motifs is 1. The molecular formula is C23H29ClN2O5. The van der Waals surface area contributed by atoms with Crippen LogP contribution in [0, 0.1) is 12.8 Å². The summed E-state index contributed by atoms with van der Waals surface area (Å²) < 4.78 is 11.6. The highest BCUT2D eigenvalue weighted by Gasteiger charge is 2.36. The average molecular weight is 449 g/mol. The second kappa shape index (κ2) is 9.77. The van der Waals surface area contributed by atoms with Gasteiger partial charge in [-0.1, -0.05) is 24.3 Å². The van der Waals surface area contributed by atoms with Crippen molar-refractivity contribution in [3.05, 3.63) is 53.1 Å². The molecule has 2 atom stereocenters. The number of piperidine rings is 1. The normalized spacial score (nSPS) is 21.2. The van der Waals surface area contributed by atoms with E-state index in [0.29, 0.717) is 31.8 Å². The number of benzene rings is 2. The molecule has 2 aromatic carbocycles. The van der Waals surface area contributed by atoms with E-state index >= 15 is 0 Å². The summed E-state index contributed by atoms with van der Waals surface area (Å²) >= 11 is 0. The van der Waals surface area contributed by atoms with E-state index in [4.69, 9.17) is 15.2 Å². The lowest BCUT2D eigenvalue weighted by molar-refractivity contribution is -0.0633. The van der Waals surface area contributed by atoms with Crippen LogP contribution in [0.2, 0.25) is 0 Å². The van der Waals surface area contributed by atoms with Gasteiger partial charge in [0.2, 0.25) is 0 Å². The van der Waals surface area contributed by atoms with Crippen molar-refractivity contribution in [2.75, 3.05) is 19.6 Å². The van der Waals surface area contributed by atoms with Crippen LogP contribution in [-0.2, 0) is 11.2 Å². The first-order valence-electron chi connectivity index (χ1n) is 10.4. The zero-order valence-corrected chi connectivity index (χ0v) is 18.3. The van der Waals surface area contributed by atoms with Crippen molar-refractivity contribution in [3.63, 3.8) is 0 Å². The van der Waals surface area contributed by atoms with Crippen molar-refractivity contribution < 1.29 is 24.5 Å². The summed E-state index contributed by atoms with van der Waals surface area (Å²) in [5, 5.41) is 20.4. The molecule has 2 aromatic rings. The van der Waals surface area contributed by atoms with Gasteiger partial charge in [0.05, 0.1) is 12.2 Å². The highest BCUT2D eigenvalue weighted by Crippen LogP contribution is 2.40. The summed E-state index contributed by atoms with van der Waals surface area (Å²) in [6, 6.07) is 10.3. The number of rotatable bonds is 3. The first-order chi connectivity index (χ1) is 14.5. The van der Waals surface area contributed by atoms with E-state index in [2.05, 4.69) is 0 Å². The molecule has 2 aliphatic heterocycles. The summed E-state index contributed by atoms with van der Waals surface area (Å²) in [4.78, 5) is 14.1. The quantitative estimate of drug-likeness (QED) is 0.661. The third kappa shape index (κ3) is 4.74. The minimum atomic E-state index is -0.460. The van der Waals surface area contributed by atoms with Gasteiger partial charge in [0.1, 0.15) is 5.75 Å². The number of halogens is 1. The van der Waals surface area contributed by atoms with Crippen molar-refractivity contribution in [2.45, 2.75) is 38.4 Å². The van der Waals surface area contributed by atoms with Crippen molar-refractivity contribution >= 4 is 18.5 Å². The number of ether oxygens (including phenoxy) is 2. The molecule has 2 heterocycles. The predicted molar refractivity (Wildman–Crippen MR) is 119 cm³/mol. The zero-order chi connectivity index (χ0) is 21.3. The van der Waals surface area contributed by atoms with Gasteiger partial charge in [0.15, 0.2) is 11.5 Å².